The lowest BCUT2D eigenvalue weighted by Gasteiger charge is -2.05. The van der Waals surface area contributed by atoms with Crippen LogP contribution >= 0.6 is 0 Å². The Bertz CT molecular complexity index is 506. The topological polar surface area (TPSA) is 90.9 Å². The smallest absolute Gasteiger partial charge is 0.216 e. The summed E-state index contributed by atoms with van der Waals surface area (Å²) in [5, 5.41) is 11.2. The molecule has 0 amide bonds. The highest BCUT2D eigenvalue weighted by Gasteiger charge is 2.14. The van der Waals surface area contributed by atoms with Crippen LogP contribution in [-0.4, -0.2) is 44.1 Å². The van der Waals surface area contributed by atoms with Gasteiger partial charge in [-0.3, -0.25) is 0 Å². The van der Waals surface area contributed by atoms with Gasteiger partial charge in [-0.1, -0.05) is 6.07 Å². The zero-order valence-corrected chi connectivity index (χ0v) is 10.3. The Labute approximate surface area is 110 Å². The van der Waals surface area contributed by atoms with Crippen LogP contribution in [0, 0.1) is 10.8 Å². The van der Waals surface area contributed by atoms with Crippen molar-refractivity contribution in [3.63, 3.8) is 0 Å². The molecule has 98 valence electrons. The van der Waals surface area contributed by atoms with Crippen LogP contribution in [0.1, 0.15) is 11.1 Å². The zero-order chi connectivity index (χ0) is 13.5. The maximum absolute atomic E-state index is 5.62. The third-order valence-corrected chi connectivity index (χ3v) is 2.53. The molecule has 0 unspecified atom stereocenters. The van der Waals surface area contributed by atoms with Crippen molar-refractivity contribution < 1.29 is 9.47 Å². The summed E-state index contributed by atoms with van der Waals surface area (Å²) in [5.41, 5.74) is 1.99. The first kappa shape index (κ1) is 13.0. The van der Waals surface area contributed by atoms with Gasteiger partial charge in [-0.15, -0.1) is 0 Å². The van der Waals surface area contributed by atoms with Crippen LogP contribution in [0.4, 0.5) is 0 Å². The van der Waals surface area contributed by atoms with Crippen molar-refractivity contribution >= 4 is 17.8 Å². The average molecular weight is 258 g/mol. The summed E-state index contributed by atoms with van der Waals surface area (Å²) in [6.45, 7) is 2.85. The van der Waals surface area contributed by atoms with Crippen molar-refractivity contribution in [3.05, 3.63) is 35.4 Å². The first-order chi connectivity index (χ1) is 9.35. The number of nitrogens with one attached hydrogen (secondary N) is 2. The summed E-state index contributed by atoms with van der Waals surface area (Å²) >= 11 is 0. The Hall–Kier alpha value is -2.46. The Kier molecular flexibility index (Phi) is 4.42. The van der Waals surface area contributed by atoms with Crippen molar-refractivity contribution in [2.45, 2.75) is 0 Å². The van der Waals surface area contributed by atoms with E-state index in [0.717, 1.165) is 36.0 Å². The van der Waals surface area contributed by atoms with Gasteiger partial charge in [0.05, 0.1) is 19.1 Å². The molecule has 0 aromatic heterocycles. The van der Waals surface area contributed by atoms with Gasteiger partial charge in [0.1, 0.15) is 13.2 Å². The van der Waals surface area contributed by atoms with Crippen LogP contribution < -0.4 is 0 Å². The predicted molar refractivity (Wildman–Crippen MR) is 71.6 cm³/mol. The summed E-state index contributed by atoms with van der Waals surface area (Å²) in [6, 6.07) is 9.21. The molecule has 2 heterocycles. The van der Waals surface area contributed by atoms with E-state index in [1.165, 1.54) is 6.01 Å². The lowest BCUT2D eigenvalue weighted by atomic mass is 10.1. The van der Waals surface area contributed by atoms with Gasteiger partial charge in [0, 0.05) is 11.1 Å². The maximum Gasteiger partial charge on any atom is 0.216 e. The zero-order valence-electron chi connectivity index (χ0n) is 10.3. The fourth-order valence-electron chi connectivity index (χ4n) is 1.80. The molecule has 19 heavy (non-hydrogen) atoms. The van der Waals surface area contributed by atoms with Crippen LogP contribution in [0.2, 0.25) is 0 Å². The third kappa shape index (κ3) is 3.26. The van der Waals surface area contributed by atoms with Crippen LogP contribution in [-0.2, 0) is 9.47 Å². The second kappa shape index (κ2) is 6.47. The van der Waals surface area contributed by atoms with Crippen molar-refractivity contribution in [2.75, 3.05) is 26.3 Å². The number of hydrogen-bond acceptors (Lipinski definition) is 6. The lowest BCUT2D eigenvalue weighted by molar-refractivity contribution is 0.347. The molecule has 0 spiro atoms. The molecule has 0 radical (unpaired) electrons. The van der Waals surface area contributed by atoms with E-state index >= 15 is 0 Å². The highest BCUT2D eigenvalue weighted by atomic mass is 16.5. The molecule has 2 N–H and O–H groups in total. The normalized spacial score (nSPS) is 16.2. The number of ether oxygens (including phenoxy) is 2. The summed E-state index contributed by atoms with van der Waals surface area (Å²) in [7, 11) is 0. The number of aliphatic imine (C=N–C) groups is 2. The largest absolute Gasteiger partial charge is 0.476 e. The van der Waals surface area contributed by atoms with Crippen LogP contribution in [0.15, 0.2) is 34.3 Å². The van der Waals surface area contributed by atoms with Crippen LogP contribution in [0.3, 0.4) is 0 Å². The molecule has 6 nitrogen and oxygen atoms in total. The molecule has 2 aliphatic heterocycles. The molecule has 0 aliphatic carbocycles. The van der Waals surface area contributed by atoms with Gasteiger partial charge in [0.2, 0.25) is 11.8 Å². The van der Waals surface area contributed by atoms with Crippen molar-refractivity contribution in [1.29, 1.82) is 10.8 Å². The molecule has 0 atom stereocenters. The summed E-state index contributed by atoms with van der Waals surface area (Å²) in [6.07, 6.45) is 0. The van der Waals surface area contributed by atoms with E-state index < -0.39 is 0 Å². The van der Waals surface area contributed by atoms with Gasteiger partial charge in [0.15, 0.2) is 0 Å². The number of nitrogens with zero attached hydrogens (tertiary/aromatic N) is 2. The van der Waals surface area contributed by atoms with Gasteiger partial charge in [-0.05, 0) is 18.2 Å². The number of benzene rings is 1. The maximum atomic E-state index is 5.62. The highest BCUT2D eigenvalue weighted by Crippen LogP contribution is 2.13. The monoisotopic (exact) mass is 258 g/mol. The standard InChI is InChI=1S/C12H12N2O2.CH2N2/c1-2-9(11-13-4-6-15-11)8-10(3-1)12-14-5-7-16-12;2-1-3/h1-3,8H,4-7H2;2-3H. The van der Waals surface area contributed by atoms with E-state index in [0.29, 0.717) is 13.2 Å². The Morgan fingerprint density at radius 3 is 1.79 bits per heavy atom. The Morgan fingerprint density at radius 2 is 1.42 bits per heavy atom. The molecular weight excluding hydrogens is 244 g/mol. The second-order valence-electron chi connectivity index (χ2n) is 3.78. The minimum Gasteiger partial charge on any atom is -0.476 e. The minimum atomic E-state index is 0.678. The molecule has 1 aromatic rings. The molecule has 0 fully saturated rings. The van der Waals surface area contributed by atoms with Gasteiger partial charge in [-0.25, -0.2) is 20.8 Å². The Morgan fingerprint density at radius 1 is 0.947 bits per heavy atom. The molecule has 0 saturated carbocycles. The third-order valence-electron chi connectivity index (χ3n) is 2.53. The number of rotatable bonds is 2. The van der Waals surface area contributed by atoms with E-state index in [1.807, 2.05) is 24.3 Å². The van der Waals surface area contributed by atoms with Crippen molar-refractivity contribution in [1.82, 2.24) is 0 Å². The van der Waals surface area contributed by atoms with E-state index in [1.54, 1.807) is 0 Å². The lowest BCUT2D eigenvalue weighted by Crippen LogP contribution is -2.05. The molecule has 0 bridgehead atoms. The van der Waals surface area contributed by atoms with Gasteiger partial charge in [0.25, 0.3) is 0 Å². The van der Waals surface area contributed by atoms with E-state index in [2.05, 4.69) is 9.98 Å². The molecule has 3 rings (SSSR count). The van der Waals surface area contributed by atoms with E-state index in [9.17, 15) is 0 Å². The quantitative estimate of drug-likeness (QED) is 0.788. The predicted octanol–water partition coefficient (Wildman–Crippen LogP) is 1.56. The van der Waals surface area contributed by atoms with Gasteiger partial charge in [-0.2, -0.15) is 0 Å². The van der Waals surface area contributed by atoms with E-state index in [4.69, 9.17) is 20.3 Å². The number of hydrogen-bond donors (Lipinski definition) is 2. The van der Waals surface area contributed by atoms with Gasteiger partial charge >= 0.3 is 0 Å². The second-order valence-corrected chi connectivity index (χ2v) is 3.78. The van der Waals surface area contributed by atoms with Crippen LogP contribution in [0.25, 0.3) is 0 Å². The SMILES string of the molecule is N=C=N.c1cc(C2=NCCO2)cc(C2=NCCO2)c1. The molecule has 6 heteroatoms. The first-order valence-electron chi connectivity index (χ1n) is 5.89. The van der Waals surface area contributed by atoms with Crippen molar-refractivity contribution in [2.24, 2.45) is 9.98 Å². The summed E-state index contributed by atoms with van der Waals surface area (Å²) in [4.78, 5) is 8.57. The Balaban J connectivity index is 0.000000408. The molecule has 0 saturated heterocycles. The fraction of sp³-hybridized carbons (Fsp3) is 0.308. The van der Waals surface area contributed by atoms with Crippen LogP contribution in [0.5, 0.6) is 0 Å². The van der Waals surface area contributed by atoms with Gasteiger partial charge < -0.3 is 9.47 Å². The molecule has 2 aliphatic rings. The van der Waals surface area contributed by atoms with Crippen molar-refractivity contribution in [3.8, 4) is 0 Å². The fourth-order valence-corrected chi connectivity index (χ4v) is 1.80. The highest BCUT2D eigenvalue weighted by molar-refractivity contribution is 6.00. The summed E-state index contributed by atoms with van der Waals surface area (Å²) < 4.78 is 10.9. The van der Waals surface area contributed by atoms with E-state index in [-0.39, 0.29) is 0 Å². The average Bonchev–Trinajstić information content (AvgIpc) is 3.14. The summed E-state index contributed by atoms with van der Waals surface area (Å²) in [5.74, 6) is 1.45. The molecule has 1 aromatic carbocycles. The molecular formula is C13H14N4O2. The minimum absolute atomic E-state index is 0.678. The first-order valence-corrected chi connectivity index (χ1v) is 5.89.